The van der Waals surface area contributed by atoms with Crippen LogP contribution in [0.1, 0.15) is 39.4 Å². The van der Waals surface area contributed by atoms with Gasteiger partial charge >= 0.3 is 0 Å². The number of carbonyl (C=O) groups excluding carboxylic acids is 3. The Bertz CT molecular complexity index is 1530. The van der Waals surface area contributed by atoms with E-state index in [1.807, 2.05) is 0 Å². The molecule has 3 aromatic rings. The maximum absolute atomic E-state index is 13.8. The number of ether oxygens (including phenoxy) is 1. The van der Waals surface area contributed by atoms with E-state index in [0.29, 0.717) is 17.8 Å². The average Bonchev–Trinajstić information content (AvgIpc) is 3.30. The molecule has 15 heteroatoms. The van der Waals surface area contributed by atoms with Gasteiger partial charge in [-0.25, -0.2) is 4.68 Å². The number of aromatic nitrogens is 2. The van der Waals surface area contributed by atoms with Gasteiger partial charge in [-0.3, -0.25) is 14.4 Å². The Morgan fingerprint density at radius 2 is 1.52 bits per heavy atom. The molecular formula is C25H25N5O10. The third-order valence-electron chi connectivity index (χ3n) is 6.96. The first kappa shape index (κ1) is 26.6. The van der Waals surface area contributed by atoms with Gasteiger partial charge in [0.05, 0.1) is 7.11 Å². The molecule has 0 unspecified atom stereocenters. The van der Waals surface area contributed by atoms with E-state index in [0.717, 1.165) is 11.8 Å². The van der Waals surface area contributed by atoms with Crippen LogP contribution in [0.25, 0.3) is 5.69 Å². The maximum atomic E-state index is 13.8. The number of hydrogen-bond acceptors (Lipinski definition) is 11. The number of nitrogens with zero attached hydrogens (tertiary/aromatic N) is 4. The lowest BCUT2D eigenvalue weighted by molar-refractivity contribution is -0.188. The lowest BCUT2D eigenvalue weighted by Gasteiger charge is -2.35. The number of piperidine rings is 1. The van der Waals surface area contributed by atoms with Gasteiger partial charge in [-0.05, 0) is 37.1 Å². The second-order valence-electron chi connectivity index (χ2n) is 9.33. The number of aromatic hydroxyl groups is 4. The van der Waals surface area contributed by atoms with Crippen LogP contribution in [-0.4, -0.2) is 84.1 Å². The van der Waals surface area contributed by atoms with Crippen LogP contribution >= 0.6 is 0 Å². The van der Waals surface area contributed by atoms with Crippen LogP contribution in [0.5, 0.6) is 28.7 Å². The molecule has 8 N–H and O–H groups in total. The monoisotopic (exact) mass is 555 g/mol. The van der Waals surface area contributed by atoms with Crippen molar-refractivity contribution < 1.29 is 49.8 Å². The Kier molecular flexibility index (Phi) is 6.19. The van der Waals surface area contributed by atoms with Gasteiger partial charge in [-0.15, -0.1) is 0 Å². The highest BCUT2D eigenvalue weighted by Gasteiger charge is 2.41. The van der Waals surface area contributed by atoms with Crippen LogP contribution in [0.3, 0.4) is 0 Å². The first-order valence-corrected chi connectivity index (χ1v) is 12.0. The molecule has 3 amide bonds. The molecule has 0 atom stereocenters. The first-order valence-electron chi connectivity index (χ1n) is 12.0. The smallest absolute Gasteiger partial charge is 0.286 e. The van der Waals surface area contributed by atoms with Gasteiger partial charge in [0.2, 0.25) is 23.0 Å². The molecule has 0 bridgehead atoms. The minimum atomic E-state index is -2.46. The number of fused-ring (bicyclic) bond motifs is 1. The summed E-state index contributed by atoms with van der Waals surface area (Å²) < 4.78 is 5.52. The highest BCUT2D eigenvalue weighted by Crippen LogP contribution is 2.53. The number of carbonyl (C=O) groups is 3. The molecule has 0 radical (unpaired) electrons. The Balaban J connectivity index is 1.57. The van der Waals surface area contributed by atoms with E-state index >= 15 is 0 Å². The van der Waals surface area contributed by atoms with Gasteiger partial charge in [-0.2, -0.15) is 5.10 Å². The third kappa shape index (κ3) is 3.90. The summed E-state index contributed by atoms with van der Waals surface area (Å²) in [7, 11) is 1.08. The van der Waals surface area contributed by atoms with E-state index in [1.165, 1.54) is 34.1 Å². The lowest BCUT2D eigenvalue weighted by Crippen LogP contribution is -2.53. The first-order chi connectivity index (χ1) is 18.9. The van der Waals surface area contributed by atoms with Crippen LogP contribution in [0.2, 0.25) is 0 Å². The van der Waals surface area contributed by atoms with Crippen molar-refractivity contribution in [2.75, 3.05) is 30.0 Å². The summed E-state index contributed by atoms with van der Waals surface area (Å²) in [5, 5.41) is 65.7. The number of methoxy groups -OCH3 is 1. The van der Waals surface area contributed by atoms with Crippen molar-refractivity contribution in [2.24, 2.45) is 5.73 Å². The number of benzene rings is 2. The van der Waals surface area contributed by atoms with E-state index in [1.54, 1.807) is 0 Å². The predicted molar refractivity (Wildman–Crippen MR) is 136 cm³/mol. The molecule has 210 valence electrons. The van der Waals surface area contributed by atoms with Gasteiger partial charge in [0.1, 0.15) is 5.69 Å². The molecule has 0 aliphatic carbocycles. The lowest BCUT2D eigenvalue weighted by atomic mass is 10.0. The zero-order chi connectivity index (χ0) is 29.1. The van der Waals surface area contributed by atoms with Crippen molar-refractivity contribution in [3.63, 3.8) is 0 Å². The van der Waals surface area contributed by atoms with Gasteiger partial charge in [0, 0.05) is 36.4 Å². The molecule has 15 nitrogen and oxygen atoms in total. The Hall–Kier alpha value is -5.02. The molecule has 1 aromatic heterocycles. The number of phenolic OH excluding ortho intramolecular Hbond substituents is 4. The number of phenols is 4. The fraction of sp³-hybridized carbons (Fsp3) is 0.280. The molecule has 1 saturated heterocycles. The molecule has 40 heavy (non-hydrogen) atoms. The highest BCUT2D eigenvalue weighted by molar-refractivity contribution is 6.10. The van der Waals surface area contributed by atoms with Gasteiger partial charge in [-0.1, -0.05) is 0 Å². The quantitative estimate of drug-likeness (QED) is 0.124. The summed E-state index contributed by atoms with van der Waals surface area (Å²) in [5.41, 5.74) is 5.07. The van der Waals surface area contributed by atoms with Crippen molar-refractivity contribution in [3.05, 3.63) is 41.2 Å². The Labute approximate surface area is 225 Å². The number of hydrogen-bond donors (Lipinski definition) is 7. The van der Waals surface area contributed by atoms with Crippen LogP contribution in [0.4, 0.5) is 11.4 Å². The topological polar surface area (TPSA) is 232 Å². The average molecular weight is 556 g/mol. The molecule has 5 rings (SSSR count). The number of anilines is 2. The van der Waals surface area contributed by atoms with Gasteiger partial charge in [0.25, 0.3) is 17.7 Å². The number of amides is 3. The van der Waals surface area contributed by atoms with E-state index in [-0.39, 0.29) is 42.9 Å². The van der Waals surface area contributed by atoms with E-state index in [2.05, 4.69) is 5.10 Å². The van der Waals surface area contributed by atoms with E-state index in [9.17, 15) is 45.0 Å². The second kappa shape index (κ2) is 9.32. The van der Waals surface area contributed by atoms with Crippen LogP contribution in [-0.2, 0) is 11.2 Å². The molecule has 1 fully saturated rings. The van der Waals surface area contributed by atoms with Gasteiger partial charge < -0.3 is 50.9 Å². The van der Waals surface area contributed by atoms with Gasteiger partial charge in [0.15, 0.2) is 22.9 Å². The largest absolute Gasteiger partial charge is 0.503 e. The number of primary amides is 1. The molecular weight excluding hydrogens is 530 g/mol. The van der Waals surface area contributed by atoms with Crippen molar-refractivity contribution >= 4 is 29.1 Å². The Morgan fingerprint density at radius 1 is 0.950 bits per heavy atom. The van der Waals surface area contributed by atoms with Crippen LogP contribution in [0.15, 0.2) is 24.3 Å². The zero-order valence-corrected chi connectivity index (χ0v) is 21.0. The van der Waals surface area contributed by atoms with Crippen molar-refractivity contribution in [2.45, 2.75) is 25.0 Å². The standard InChI is InChI=1S/C25H25N5O10/c1-40-21-19(33)17(31)16(18(32)20(21)34)30-15-13(14(27-30)22(26)35)7-10-28(23(15)36)11-3-5-12(6-4-11)29-9-2-8-25(38,39)24(29)37/h3-6,31-34,38-39H,2,7-10H2,1H3,(H2,26,35). The normalized spacial score (nSPS) is 16.7. The van der Waals surface area contributed by atoms with E-state index in [4.69, 9.17) is 10.5 Å². The maximum Gasteiger partial charge on any atom is 0.286 e. The number of rotatable bonds is 5. The number of aliphatic hydroxyl groups is 2. The molecule has 0 spiro atoms. The Morgan fingerprint density at radius 3 is 2.08 bits per heavy atom. The van der Waals surface area contributed by atoms with Crippen molar-refractivity contribution in [1.82, 2.24) is 9.78 Å². The summed E-state index contributed by atoms with van der Waals surface area (Å²) in [6, 6.07) is 6.12. The molecule has 0 saturated carbocycles. The highest BCUT2D eigenvalue weighted by atomic mass is 16.5. The molecule has 3 heterocycles. The fourth-order valence-electron chi connectivity index (χ4n) is 4.99. The van der Waals surface area contributed by atoms with E-state index < -0.39 is 57.9 Å². The zero-order valence-electron chi connectivity index (χ0n) is 21.0. The summed E-state index contributed by atoms with van der Waals surface area (Å²) >= 11 is 0. The summed E-state index contributed by atoms with van der Waals surface area (Å²) in [4.78, 5) is 40.9. The molecule has 2 aromatic carbocycles. The minimum Gasteiger partial charge on any atom is -0.503 e. The summed E-state index contributed by atoms with van der Waals surface area (Å²) in [6.45, 7) is 0.351. The summed E-state index contributed by atoms with van der Waals surface area (Å²) in [6.07, 6.45) is 0.371. The van der Waals surface area contributed by atoms with Crippen molar-refractivity contribution in [3.8, 4) is 34.4 Å². The predicted octanol–water partition coefficient (Wildman–Crippen LogP) is -0.187. The minimum absolute atomic E-state index is 0.0767. The fourth-order valence-corrected chi connectivity index (χ4v) is 4.99. The molecule has 2 aliphatic rings. The second-order valence-corrected chi connectivity index (χ2v) is 9.33. The summed E-state index contributed by atoms with van der Waals surface area (Å²) in [5.74, 6) is -9.54. The van der Waals surface area contributed by atoms with Crippen LogP contribution in [0, 0.1) is 0 Å². The van der Waals surface area contributed by atoms with Crippen molar-refractivity contribution in [1.29, 1.82) is 0 Å². The SMILES string of the molecule is COc1c(O)c(O)c(-n2nc(C(N)=O)c3c2C(=O)N(c2ccc(N4CCCC(O)(O)C4=O)cc2)CC3)c(O)c1O. The van der Waals surface area contributed by atoms with Crippen LogP contribution < -0.4 is 20.3 Å². The number of nitrogens with two attached hydrogens (primary N) is 1. The third-order valence-corrected chi connectivity index (χ3v) is 6.96. The molecule has 2 aliphatic heterocycles.